The Morgan fingerprint density at radius 2 is 1.95 bits per heavy atom. The molecule has 20 heavy (non-hydrogen) atoms. The SMILES string of the molecule is CCCNC(Cc1ccccc1)c1cc2sccc2s1. The van der Waals surface area contributed by atoms with E-state index in [2.05, 4.69) is 60.1 Å². The summed E-state index contributed by atoms with van der Waals surface area (Å²) in [4.78, 5) is 1.46. The maximum absolute atomic E-state index is 3.70. The van der Waals surface area contributed by atoms with Crippen LogP contribution in [-0.2, 0) is 6.42 Å². The zero-order valence-electron chi connectivity index (χ0n) is 11.6. The highest BCUT2D eigenvalue weighted by Gasteiger charge is 2.15. The second-order valence-corrected chi connectivity index (χ2v) is 7.06. The van der Waals surface area contributed by atoms with Gasteiger partial charge in [0.2, 0.25) is 0 Å². The first-order valence-corrected chi connectivity index (χ1v) is 8.80. The van der Waals surface area contributed by atoms with Crippen LogP contribution in [0.5, 0.6) is 0 Å². The monoisotopic (exact) mass is 301 g/mol. The van der Waals surface area contributed by atoms with Crippen LogP contribution in [0.25, 0.3) is 9.40 Å². The molecule has 0 radical (unpaired) electrons. The predicted octanol–water partition coefficient (Wildman–Crippen LogP) is 5.25. The van der Waals surface area contributed by atoms with Gasteiger partial charge in [0, 0.05) is 20.3 Å². The van der Waals surface area contributed by atoms with Crippen molar-refractivity contribution in [2.75, 3.05) is 6.54 Å². The van der Waals surface area contributed by atoms with E-state index in [0.29, 0.717) is 6.04 Å². The Morgan fingerprint density at radius 1 is 1.10 bits per heavy atom. The molecule has 1 aromatic carbocycles. The van der Waals surface area contributed by atoms with Gasteiger partial charge in [-0.15, -0.1) is 22.7 Å². The van der Waals surface area contributed by atoms with Gasteiger partial charge in [-0.05, 0) is 42.5 Å². The van der Waals surface area contributed by atoms with E-state index in [1.807, 2.05) is 22.7 Å². The van der Waals surface area contributed by atoms with Crippen molar-refractivity contribution in [2.24, 2.45) is 0 Å². The highest BCUT2D eigenvalue weighted by Crippen LogP contribution is 2.34. The largest absolute Gasteiger partial charge is 0.309 e. The van der Waals surface area contributed by atoms with Crippen molar-refractivity contribution in [2.45, 2.75) is 25.8 Å². The third-order valence-corrected chi connectivity index (χ3v) is 5.63. The molecule has 0 aliphatic carbocycles. The lowest BCUT2D eigenvalue weighted by Crippen LogP contribution is -2.23. The molecule has 104 valence electrons. The molecule has 0 amide bonds. The molecule has 0 saturated heterocycles. The molecular weight excluding hydrogens is 282 g/mol. The highest BCUT2D eigenvalue weighted by atomic mass is 32.1. The molecule has 3 rings (SSSR count). The molecule has 1 atom stereocenters. The minimum absolute atomic E-state index is 0.432. The van der Waals surface area contributed by atoms with Crippen molar-refractivity contribution in [1.82, 2.24) is 5.32 Å². The third kappa shape index (κ3) is 3.11. The molecule has 0 fully saturated rings. The van der Waals surface area contributed by atoms with Crippen molar-refractivity contribution in [3.05, 3.63) is 58.3 Å². The summed E-state index contributed by atoms with van der Waals surface area (Å²) >= 11 is 3.77. The molecule has 0 aliphatic rings. The molecular formula is C17H19NS2. The number of thiophene rings is 2. The maximum atomic E-state index is 3.70. The van der Waals surface area contributed by atoms with Gasteiger partial charge in [-0.2, -0.15) is 0 Å². The van der Waals surface area contributed by atoms with Crippen LogP contribution in [0.4, 0.5) is 0 Å². The number of hydrogen-bond donors (Lipinski definition) is 1. The molecule has 1 N–H and O–H groups in total. The van der Waals surface area contributed by atoms with E-state index >= 15 is 0 Å². The van der Waals surface area contributed by atoms with E-state index < -0.39 is 0 Å². The first kappa shape index (κ1) is 13.8. The quantitative estimate of drug-likeness (QED) is 0.656. The highest BCUT2D eigenvalue weighted by molar-refractivity contribution is 7.26. The summed E-state index contributed by atoms with van der Waals surface area (Å²) in [6.07, 6.45) is 2.24. The zero-order chi connectivity index (χ0) is 13.8. The lowest BCUT2D eigenvalue weighted by atomic mass is 10.0. The van der Waals surface area contributed by atoms with E-state index in [1.165, 1.54) is 26.3 Å². The lowest BCUT2D eigenvalue weighted by Gasteiger charge is -2.17. The molecule has 0 spiro atoms. The number of benzene rings is 1. The van der Waals surface area contributed by atoms with Crippen molar-refractivity contribution in [3.8, 4) is 0 Å². The van der Waals surface area contributed by atoms with Crippen molar-refractivity contribution in [3.63, 3.8) is 0 Å². The Kier molecular flexibility index (Phi) is 4.51. The summed E-state index contributed by atoms with van der Waals surface area (Å²) in [6.45, 7) is 3.29. The molecule has 2 heterocycles. The Balaban J connectivity index is 1.83. The number of hydrogen-bond acceptors (Lipinski definition) is 3. The smallest absolute Gasteiger partial charge is 0.0456 e. The van der Waals surface area contributed by atoms with Gasteiger partial charge >= 0.3 is 0 Å². The van der Waals surface area contributed by atoms with Crippen LogP contribution >= 0.6 is 22.7 Å². The molecule has 3 heteroatoms. The van der Waals surface area contributed by atoms with Gasteiger partial charge in [0.05, 0.1) is 0 Å². The van der Waals surface area contributed by atoms with E-state index in [0.717, 1.165) is 13.0 Å². The van der Waals surface area contributed by atoms with Gasteiger partial charge in [0.15, 0.2) is 0 Å². The number of fused-ring (bicyclic) bond motifs is 1. The summed E-state index contributed by atoms with van der Waals surface area (Å²) in [5, 5.41) is 5.88. The van der Waals surface area contributed by atoms with Crippen molar-refractivity contribution >= 4 is 32.1 Å². The molecule has 0 bridgehead atoms. The van der Waals surface area contributed by atoms with Gasteiger partial charge in [-0.1, -0.05) is 37.3 Å². The van der Waals surface area contributed by atoms with Crippen LogP contribution in [0, 0.1) is 0 Å². The van der Waals surface area contributed by atoms with Crippen LogP contribution in [-0.4, -0.2) is 6.54 Å². The average Bonchev–Trinajstić information content (AvgIpc) is 3.05. The Hall–Kier alpha value is -1.16. The predicted molar refractivity (Wildman–Crippen MR) is 90.9 cm³/mol. The zero-order valence-corrected chi connectivity index (χ0v) is 13.3. The summed E-state index contributed by atoms with van der Waals surface area (Å²) in [5.41, 5.74) is 1.40. The first-order valence-electron chi connectivity index (χ1n) is 7.11. The summed E-state index contributed by atoms with van der Waals surface area (Å²) in [5.74, 6) is 0. The van der Waals surface area contributed by atoms with Gasteiger partial charge in [0.25, 0.3) is 0 Å². The van der Waals surface area contributed by atoms with Crippen molar-refractivity contribution < 1.29 is 0 Å². The van der Waals surface area contributed by atoms with Gasteiger partial charge < -0.3 is 5.32 Å². The second kappa shape index (κ2) is 6.53. The first-order chi connectivity index (χ1) is 9.86. The fourth-order valence-electron chi connectivity index (χ4n) is 2.40. The van der Waals surface area contributed by atoms with Crippen LogP contribution in [0.2, 0.25) is 0 Å². The molecule has 1 unspecified atom stereocenters. The van der Waals surface area contributed by atoms with Crippen LogP contribution in [0.1, 0.15) is 29.8 Å². The normalized spacial score (nSPS) is 12.8. The third-order valence-electron chi connectivity index (χ3n) is 3.43. The molecule has 3 aromatic rings. The lowest BCUT2D eigenvalue weighted by molar-refractivity contribution is 0.537. The van der Waals surface area contributed by atoms with Crippen LogP contribution in [0.3, 0.4) is 0 Å². The topological polar surface area (TPSA) is 12.0 Å². The van der Waals surface area contributed by atoms with Gasteiger partial charge in [-0.3, -0.25) is 0 Å². The van der Waals surface area contributed by atoms with Crippen molar-refractivity contribution in [1.29, 1.82) is 0 Å². The second-order valence-electron chi connectivity index (χ2n) is 4.99. The van der Waals surface area contributed by atoms with E-state index in [9.17, 15) is 0 Å². The van der Waals surface area contributed by atoms with E-state index in [-0.39, 0.29) is 0 Å². The van der Waals surface area contributed by atoms with Gasteiger partial charge in [0.1, 0.15) is 0 Å². The Morgan fingerprint density at radius 3 is 2.70 bits per heavy atom. The molecule has 1 nitrogen and oxygen atoms in total. The number of nitrogens with one attached hydrogen (secondary N) is 1. The fraction of sp³-hybridized carbons (Fsp3) is 0.294. The maximum Gasteiger partial charge on any atom is 0.0456 e. The van der Waals surface area contributed by atoms with E-state index in [4.69, 9.17) is 0 Å². The molecule has 2 aromatic heterocycles. The Labute approximate surface area is 128 Å². The van der Waals surface area contributed by atoms with Crippen LogP contribution < -0.4 is 5.32 Å². The summed E-state index contributed by atoms with van der Waals surface area (Å²) < 4.78 is 2.84. The minimum Gasteiger partial charge on any atom is -0.309 e. The minimum atomic E-state index is 0.432. The summed E-state index contributed by atoms with van der Waals surface area (Å²) in [6, 6.07) is 15.8. The fourth-order valence-corrected chi connectivity index (χ4v) is 4.59. The molecule has 0 saturated carbocycles. The standard InChI is InChI=1S/C17H19NS2/c1-2-9-18-14(11-13-6-4-3-5-7-13)16-12-17-15(20-16)8-10-19-17/h3-8,10,12,14,18H,2,9,11H2,1H3. The van der Waals surface area contributed by atoms with Crippen LogP contribution in [0.15, 0.2) is 47.8 Å². The average molecular weight is 301 g/mol. The van der Waals surface area contributed by atoms with E-state index in [1.54, 1.807) is 0 Å². The Bertz CT molecular complexity index is 625. The number of rotatable bonds is 6. The molecule has 0 aliphatic heterocycles. The van der Waals surface area contributed by atoms with Gasteiger partial charge in [-0.25, -0.2) is 0 Å². The summed E-state index contributed by atoms with van der Waals surface area (Å²) in [7, 11) is 0.